The third kappa shape index (κ3) is 5.55. The van der Waals surface area contributed by atoms with Crippen LogP contribution < -0.4 is 9.47 Å². The highest BCUT2D eigenvalue weighted by atomic mass is 79.9. The normalized spacial score (nSPS) is 11.2. The lowest BCUT2D eigenvalue weighted by molar-refractivity contribution is 0.268. The molecule has 0 amide bonds. The van der Waals surface area contributed by atoms with Crippen LogP contribution in [0.5, 0.6) is 11.5 Å². The van der Waals surface area contributed by atoms with Gasteiger partial charge in [-0.15, -0.1) is 0 Å². The Morgan fingerprint density at radius 2 is 1.67 bits per heavy atom. The fraction of sp³-hybridized carbons (Fsp3) is 0.150. The number of nitrogens with zero attached hydrogens (tertiary/aromatic N) is 1. The molecule has 0 unspecified atom stereocenters. The number of halogens is 1. The molecule has 140 valence electrons. The highest BCUT2D eigenvalue weighted by Crippen LogP contribution is 2.24. The summed E-state index contributed by atoms with van der Waals surface area (Å²) in [6, 6.07) is 18.0. The highest BCUT2D eigenvalue weighted by Gasteiger charge is 2.10. The smallest absolute Gasteiger partial charge is 0.175 e. The molecule has 0 saturated heterocycles. The minimum Gasteiger partial charge on any atom is -0.487 e. The van der Waals surface area contributed by atoms with Gasteiger partial charge in [0, 0.05) is 16.9 Å². The quantitative estimate of drug-likeness (QED) is 0.536. The van der Waals surface area contributed by atoms with Gasteiger partial charge in [0.25, 0.3) is 0 Å². The minimum absolute atomic E-state index is 0.204. The van der Waals surface area contributed by atoms with Gasteiger partial charge < -0.3 is 9.47 Å². The molecule has 0 radical (unpaired) electrons. The van der Waals surface area contributed by atoms with Crippen molar-refractivity contribution in [1.29, 1.82) is 0 Å². The van der Waals surface area contributed by atoms with Gasteiger partial charge in [0.1, 0.15) is 30.4 Å². The molecule has 5 nitrogen and oxygen atoms in total. The van der Waals surface area contributed by atoms with E-state index in [4.69, 9.17) is 9.47 Å². The molecule has 1 aromatic heterocycles. The lowest BCUT2D eigenvalue weighted by Gasteiger charge is -2.12. The van der Waals surface area contributed by atoms with E-state index in [0.717, 1.165) is 10.0 Å². The molecule has 27 heavy (non-hydrogen) atoms. The Morgan fingerprint density at radius 3 is 2.33 bits per heavy atom. The molecule has 1 heterocycles. The predicted molar refractivity (Wildman–Crippen MR) is 107 cm³/mol. The van der Waals surface area contributed by atoms with E-state index in [0.29, 0.717) is 23.8 Å². The number of benzene rings is 2. The number of ether oxygens (including phenoxy) is 2. The van der Waals surface area contributed by atoms with Crippen molar-refractivity contribution in [2.45, 2.75) is 18.1 Å². The molecule has 0 aliphatic carbocycles. The third-order valence-corrected chi connectivity index (χ3v) is 5.32. The maximum Gasteiger partial charge on any atom is 0.175 e. The average molecular weight is 448 g/mol. The van der Waals surface area contributed by atoms with Gasteiger partial charge in [-0.25, -0.2) is 8.42 Å². The van der Waals surface area contributed by atoms with Crippen LogP contribution in [0.4, 0.5) is 0 Å². The number of hydrogen-bond donors (Lipinski definition) is 0. The van der Waals surface area contributed by atoms with E-state index in [1.807, 2.05) is 36.4 Å². The van der Waals surface area contributed by atoms with E-state index in [-0.39, 0.29) is 11.5 Å². The molecule has 0 fully saturated rings. The van der Waals surface area contributed by atoms with Gasteiger partial charge in [0.15, 0.2) is 9.84 Å². The molecule has 3 rings (SSSR count). The largest absolute Gasteiger partial charge is 0.487 e. The van der Waals surface area contributed by atoms with Crippen molar-refractivity contribution in [1.82, 2.24) is 4.98 Å². The van der Waals surface area contributed by atoms with Crippen LogP contribution in [-0.4, -0.2) is 19.7 Å². The summed E-state index contributed by atoms with van der Waals surface area (Å²) < 4.78 is 35.5. The molecule has 0 aliphatic rings. The molecular weight excluding hydrogens is 430 g/mol. The molecule has 0 saturated carbocycles. The summed E-state index contributed by atoms with van der Waals surface area (Å²) >= 11 is 3.40. The van der Waals surface area contributed by atoms with Crippen LogP contribution in [0.15, 0.2) is 76.2 Å². The van der Waals surface area contributed by atoms with Crippen LogP contribution in [-0.2, 0) is 23.1 Å². The van der Waals surface area contributed by atoms with Crippen LogP contribution in [0.25, 0.3) is 0 Å². The van der Waals surface area contributed by atoms with Crippen LogP contribution in [0.3, 0.4) is 0 Å². The Kier molecular flexibility index (Phi) is 6.13. The van der Waals surface area contributed by atoms with Crippen LogP contribution >= 0.6 is 15.9 Å². The molecule has 0 aliphatic heterocycles. The first-order valence-corrected chi connectivity index (χ1v) is 10.8. The second kappa shape index (κ2) is 8.54. The van der Waals surface area contributed by atoms with Gasteiger partial charge in [-0.05, 0) is 51.8 Å². The lowest BCUT2D eigenvalue weighted by atomic mass is 10.2. The molecule has 3 aromatic rings. The van der Waals surface area contributed by atoms with Crippen LogP contribution in [0.1, 0.15) is 11.3 Å². The summed E-state index contributed by atoms with van der Waals surface area (Å²) in [6.45, 7) is 0.630. The fourth-order valence-corrected chi connectivity index (χ4v) is 3.29. The van der Waals surface area contributed by atoms with Crippen molar-refractivity contribution in [2.24, 2.45) is 0 Å². The van der Waals surface area contributed by atoms with Crippen molar-refractivity contribution in [2.75, 3.05) is 6.26 Å². The molecular formula is C20H18BrNO4S. The number of hydrogen-bond acceptors (Lipinski definition) is 5. The van der Waals surface area contributed by atoms with E-state index >= 15 is 0 Å². The number of aromatic nitrogens is 1. The molecule has 0 atom stereocenters. The zero-order valence-electron chi connectivity index (χ0n) is 14.6. The van der Waals surface area contributed by atoms with Crippen molar-refractivity contribution >= 4 is 25.8 Å². The van der Waals surface area contributed by atoms with E-state index in [1.165, 1.54) is 18.4 Å². The Hall–Kier alpha value is -2.38. The maximum absolute atomic E-state index is 11.5. The summed E-state index contributed by atoms with van der Waals surface area (Å²) in [6.07, 6.45) is 2.85. The summed E-state index contributed by atoms with van der Waals surface area (Å²) in [5, 5.41) is 0. The number of sulfone groups is 1. The number of pyridine rings is 1. The second-order valence-electron chi connectivity index (χ2n) is 5.90. The van der Waals surface area contributed by atoms with Gasteiger partial charge in [-0.1, -0.05) is 30.3 Å². The Bertz CT molecular complexity index is 1010. The highest BCUT2D eigenvalue weighted by molar-refractivity contribution is 9.10. The topological polar surface area (TPSA) is 65.5 Å². The van der Waals surface area contributed by atoms with Gasteiger partial charge in [0.05, 0.1) is 4.90 Å². The van der Waals surface area contributed by atoms with Crippen molar-refractivity contribution in [3.8, 4) is 11.5 Å². The third-order valence-electron chi connectivity index (χ3n) is 3.76. The van der Waals surface area contributed by atoms with Gasteiger partial charge in [-0.2, -0.15) is 0 Å². The summed E-state index contributed by atoms with van der Waals surface area (Å²) in [5.41, 5.74) is 1.71. The maximum atomic E-state index is 11.5. The van der Waals surface area contributed by atoms with Crippen LogP contribution in [0.2, 0.25) is 0 Å². The van der Waals surface area contributed by atoms with Crippen molar-refractivity contribution in [3.05, 3.63) is 82.6 Å². The fourth-order valence-electron chi connectivity index (χ4n) is 2.35. The molecule has 0 bridgehead atoms. The molecule has 0 N–H and O–H groups in total. The van der Waals surface area contributed by atoms with Gasteiger partial charge in [-0.3, -0.25) is 4.98 Å². The first-order chi connectivity index (χ1) is 12.9. The van der Waals surface area contributed by atoms with Crippen molar-refractivity contribution < 1.29 is 17.9 Å². The van der Waals surface area contributed by atoms with Gasteiger partial charge in [0.2, 0.25) is 0 Å². The zero-order valence-corrected chi connectivity index (χ0v) is 17.0. The first kappa shape index (κ1) is 19.4. The molecule has 0 spiro atoms. The summed E-state index contributed by atoms with van der Waals surface area (Å²) in [4.78, 5) is 4.62. The summed E-state index contributed by atoms with van der Waals surface area (Å²) in [7, 11) is -3.23. The van der Waals surface area contributed by atoms with Crippen LogP contribution in [0, 0.1) is 0 Å². The zero-order chi connectivity index (χ0) is 19.3. The predicted octanol–water partition coefficient (Wildman–Crippen LogP) is 4.41. The standard InChI is InChI=1S/C20H18BrNO4S/c1-27(23,24)18-9-7-17(8-10-18)25-14-19-20(11-16(21)12-22-19)26-13-15-5-3-2-4-6-15/h2-12H,13-14H2,1H3. The Balaban J connectivity index is 1.69. The summed E-state index contributed by atoms with van der Waals surface area (Å²) in [5.74, 6) is 1.18. The van der Waals surface area contributed by atoms with E-state index in [1.54, 1.807) is 18.3 Å². The lowest BCUT2D eigenvalue weighted by Crippen LogP contribution is -2.04. The SMILES string of the molecule is CS(=O)(=O)c1ccc(OCc2ncc(Br)cc2OCc2ccccc2)cc1. The minimum atomic E-state index is -3.23. The van der Waals surface area contributed by atoms with Crippen molar-refractivity contribution in [3.63, 3.8) is 0 Å². The van der Waals surface area contributed by atoms with E-state index < -0.39 is 9.84 Å². The number of rotatable bonds is 7. The first-order valence-electron chi connectivity index (χ1n) is 8.16. The Labute approximate surface area is 167 Å². The second-order valence-corrected chi connectivity index (χ2v) is 8.84. The molecule has 7 heteroatoms. The van der Waals surface area contributed by atoms with E-state index in [9.17, 15) is 8.42 Å². The van der Waals surface area contributed by atoms with Gasteiger partial charge >= 0.3 is 0 Å². The molecule has 2 aromatic carbocycles. The Morgan fingerprint density at radius 1 is 0.963 bits per heavy atom. The monoisotopic (exact) mass is 447 g/mol. The average Bonchev–Trinajstić information content (AvgIpc) is 2.66. The van der Waals surface area contributed by atoms with E-state index in [2.05, 4.69) is 20.9 Å².